The molecule has 388 valence electrons. The van der Waals surface area contributed by atoms with E-state index in [-0.39, 0.29) is 12.5 Å². The molecule has 9 nitrogen and oxygen atoms in total. The van der Waals surface area contributed by atoms with Gasteiger partial charge in [-0.3, -0.25) is 4.79 Å². The molecule has 0 radical (unpaired) electrons. The fourth-order valence-electron chi connectivity index (χ4n) is 9.64. The summed E-state index contributed by atoms with van der Waals surface area (Å²) in [6, 6.07) is -0.712. The van der Waals surface area contributed by atoms with E-state index >= 15 is 0 Å². The fraction of sp³-hybridized carbons (Fsp3) is 0.982. The van der Waals surface area contributed by atoms with Crippen molar-refractivity contribution in [2.24, 2.45) is 0 Å². The third-order valence-corrected chi connectivity index (χ3v) is 14.2. The van der Waals surface area contributed by atoms with E-state index in [0.29, 0.717) is 12.8 Å². The molecule has 1 saturated heterocycles. The van der Waals surface area contributed by atoms with E-state index in [9.17, 15) is 30.3 Å². The predicted octanol–water partition coefficient (Wildman–Crippen LogP) is 13.9. The fourth-order valence-corrected chi connectivity index (χ4v) is 9.64. The molecule has 0 bridgehead atoms. The average molecular weight is 927 g/mol. The van der Waals surface area contributed by atoms with Gasteiger partial charge in [0, 0.05) is 6.42 Å². The summed E-state index contributed by atoms with van der Waals surface area (Å²) in [6.45, 7) is 3.86. The second kappa shape index (κ2) is 46.9. The highest BCUT2D eigenvalue weighted by molar-refractivity contribution is 5.76. The molecular formula is C56H111NO8. The van der Waals surface area contributed by atoms with Crippen LogP contribution in [-0.4, -0.2) is 87.5 Å². The van der Waals surface area contributed by atoms with E-state index in [0.717, 1.165) is 38.5 Å². The molecule has 1 heterocycles. The first-order valence-corrected chi connectivity index (χ1v) is 28.7. The van der Waals surface area contributed by atoms with E-state index in [1.54, 1.807) is 0 Å². The Morgan fingerprint density at radius 1 is 0.462 bits per heavy atom. The van der Waals surface area contributed by atoms with Crippen LogP contribution in [0.1, 0.15) is 296 Å². The summed E-state index contributed by atoms with van der Waals surface area (Å²) in [7, 11) is 0. The van der Waals surface area contributed by atoms with Crippen LogP contribution in [0.3, 0.4) is 0 Å². The van der Waals surface area contributed by atoms with Gasteiger partial charge in [0.1, 0.15) is 24.4 Å². The van der Waals surface area contributed by atoms with Gasteiger partial charge in [0.25, 0.3) is 0 Å². The second-order valence-corrected chi connectivity index (χ2v) is 20.5. The molecule has 7 atom stereocenters. The van der Waals surface area contributed by atoms with Crippen LogP contribution in [0.2, 0.25) is 0 Å². The van der Waals surface area contributed by atoms with Crippen molar-refractivity contribution in [3.8, 4) is 0 Å². The van der Waals surface area contributed by atoms with E-state index in [1.165, 1.54) is 231 Å². The van der Waals surface area contributed by atoms with Crippen LogP contribution >= 0.6 is 0 Å². The number of rotatable bonds is 50. The molecule has 1 amide bonds. The van der Waals surface area contributed by atoms with Gasteiger partial charge in [-0.15, -0.1) is 0 Å². The Morgan fingerprint density at radius 3 is 1.09 bits per heavy atom. The van der Waals surface area contributed by atoms with Crippen LogP contribution in [0.15, 0.2) is 0 Å². The zero-order chi connectivity index (χ0) is 47.3. The van der Waals surface area contributed by atoms with Gasteiger partial charge in [0.2, 0.25) is 5.91 Å². The van der Waals surface area contributed by atoms with E-state index in [4.69, 9.17) is 9.47 Å². The van der Waals surface area contributed by atoms with E-state index in [1.807, 2.05) is 0 Å². The quantitative estimate of drug-likeness (QED) is 0.0330. The highest BCUT2D eigenvalue weighted by Crippen LogP contribution is 2.23. The van der Waals surface area contributed by atoms with Gasteiger partial charge in [-0.2, -0.15) is 0 Å². The lowest BCUT2D eigenvalue weighted by Crippen LogP contribution is -2.60. The lowest BCUT2D eigenvalue weighted by molar-refractivity contribution is -0.302. The first-order chi connectivity index (χ1) is 31.8. The van der Waals surface area contributed by atoms with Gasteiger partial charge in [0.05, 0.1) is 25.4 Å². The normalized spacial score (nSPS) is 19.8. The zero-order valence-corrected chi connectivity index (χ0v) is 43.0. The summed E-state index contributed by atoms with van der Waals surface area (Å²) in [6.07, 6.45) is 48.7. The minimum absolute atomic E-state index is 0.131. The Hall–Kier alpha value is -0.810. The number of aliphatic hydroxyl groups excluding tert-OH is 5. The molecule has 0 aromatic rings. The molecule has 1 aliphatic heterocycles. The van der Waals surface area contributed by atoms with Gasteiger partial charge in [0.15, 0.2) is 6.29 Å². The number of nitrogens with one attached hydrogen (secondary N) is 1. The summed E-state index contributed by atoms with van der Waals surface area (Å²) in [5, 5.41) is 54.5. The lowest BCUT2D eigenvalue weighted by Gasteiger charge is -2.40. The van der Waals surface area contributed by atoms with Crippen molar-refractivity contribution < 1.29 is 39.8 Å². The molecule has 0 aromatic heterocycles. The molecule has 65 heavy (non-hydrogen) atoms. The van der Waals surface area contributed by atoms with Crippen molar-refractivity contribution in [1.82, 2.24) is 5.32 Å². The Balaban J connectivity index is 2.09. The number of carbonyl (C=O) groups excluding carboxylic acids is 1. The number of carbonyl (C=O) groups is 1. The second-order valence-electron chi connectivity index (χ2n) is 20.5. The molecule has 9 heteroatoms. The monoisotopic (exact) mass is 926 g/mol. The summed E-state index contributed by atoms with van der Waals surface area (Å²) in [4.78, 5) is 13.0. The molecule has 1 rings (SSSR count). The number of hydrogen-bond acceptors (Lipinski definition) is 8. The van der Waals surface area contributed by atoms with Crippen LogP contribution in [0.25, 0.3) is 0 Å². The largest absolute Gasteiger partial charge is 0.394 e. The van der Waals surface area contributed by atoms with Crippen molar-refractivity contribution >= 4 is 5.91 Å². The SMILES string of the molecule is CCCCCCCCCCCCCCCCCCCCCCCCCCCCCCCCCC(O)C(COC1OC(CO)C(O)C(O)C1O)NC(=O)CCCCCCCCCCCCC. The standard InChI is InChI=1S/C56H111NO8/c1-3-5-7-9-11-13-15-16-17-18-19-20-21-22-23-24-25-26-27-28-29-30-31-32-33-34-36-37-39-41-43-45-50(59)49(48-64-56-55(63)54(62)53(61)51(47-58)65-56)57-52(60)46-44-42-40-38-35-14-12-10-8-6-4-2/h49-51,53-56,58-59,61-63H,3-48H2,1-2H3,(H,57,60). The zero-order valence-electron chi connectivity index (χ0n) is 43.0. The predicted molar refractivity (Wildman–Crippen MR) is 272 cm³/mol. The number of hydrogen-bond donors (Lipinski definition) is 6. The Labute approximate surface area is 402 Å². The number of amides is 1. The van der Waals surface area contributed by atoms with Crippen LogP contribution in [0.5, 0.6) is 0 Å². The maximum absolute atomic E-state index is 13.0. The minimum atomic E-state index is -1.55. The number of unbranched alkanes of at least 4 members (excludes halogenated alkanes) is 40. The summed E-state index contributed by atoms with van der Waals surface area (Å²) < 4.78 is 11.3. The van der Waals surface area contributed by atoms with Crippen LogP contribution in [0.4, 0.5) is 0 Å². The maximum Gasteiger partial charge on any atom is 0.220 e. The lowest BCUT2D eigenvalue weighted by atomic mass is 9.99. The van der Waals surface area contributed by atoms with E-state index in [2.05, 4.69) is 19.2 Å². The average Bonchev–Trinajstić information content (AvgIpc) is 3.31. The van der Waals surface area contributed by atoms with Crippen molar-refractivity contribution in [2.75, 3.05) is 13.2 Å². The summed E-state index contributed by atoms with van der Waals surface area (Å²) in [5.74, 6) is -0.140. The van der Waals surface area contributed by atoms with Gasteiger partial charge in [-0.1, -0.05) is 277 Å². The molecule has 7 unspecified atom stereocenters. The highest BCUT2D eigenvalue weighted by atomic mass is 16.7. The first-order valence-electron chi connectivity index (χ1n) is 28.7. The summed E-state index contributed by atoms with van der Waals surface area (Å²) >= 11 is 0. The number of aliphatic hydroxyl groups is 5. The molecule has 1 fully saturated rings. The van der Waals surface area contributed by atoms with Gasteiger partial charge >= 0.3 is 0 Å². The molecular weight excluding hydrogens is 815 g/mol. The van der Waals surface area contributed by atoms with Crippen molar-refractivity contribution in [2.45, 2.75) is 339 Å². The molecule has 1 aliphatic rings. The van der Waals surface area contributed by atoms with Crippen molar-refractivity contribution in [1.29, 1.82) is 0 Å². The highest BCUT2D eigenvalue weighted by Gasteiger charge is 2.44. The molecule has 0 aliphatic carbocycles. The first kappa shape index (κ1) is 62.2. The Kier molecular flexibility index (Phi) is 44.9. The molecule has 0 aromatic carbocycles. The van der Waals surface area contributed by atoms with Crippen LogP contribution in [-0.2, 0) is 14.3 Å². The third-order valence-electron chi connectivity index (χ3n) is 14.2. The Bertz CT molecular complexity index is 986. The summed E-state index contributed by atoms with van der Waals surface area (Å²) in [5.41, 5.74) is 0. The third kappa shape index (κ3) is 36.8. The maximum atomic E-state index is 13.0. The Morgan fingerprint density at radius 2 is 0.769 bits per heavy atom. The van der Waals surface area contributed by atoms with Crippen LogP contribution < -0.4 is 5.32 Å². The smallest absolute Gasteiger partial charge is 0.220 e. The van der Waals surface area contributed by atoms with Gasteiger partial charge in [-0.05, 0) is 12.8 Å². The van der Waals surface area contributed by atoms with Crippen molar-refractivity contribution in [3.05, 3.63) is 0 Å². The number of ether oxygens (including phenoxy) is 2. The molecule has 6 N–H and O–H groups in total. The van der Waals surface area contributed by atoms with Gasteiger partial charge in [-0.25, -0.2) is 0 Å². The van der Waals surface area contributed by atoms with Crippen molar-refractivity contribution in [3.63, 3.8) is 0 Å². The topological polar surface area (TPSA) is 149 Å². The minimum Gasteiger partial charge on any atom is -0.394 e. The molecule has 0 saturated carbocycles. The van der Waals surface area contributed by atoms with Gasteiger partial charge < -0.3 is 40.3 Å². The molecule has 0 spiro atoms. The van der Waals surface area contributed by atoms with E-state index < -0.39 is 49.5 Å². The van der Waals surface area contributed by atoms with Crippen LogP contribution in [0, 0.1) is 0 Å².